The Kier molecular flexibility index (Phi) is 5.45. The molecule has 0 fully saturated rings. The third-order valence-corrected chi connectivity index (χ3v) is 4.34. The zero-order valence-corrected chi connectivity index (χ0v) is 11.5. The van der Waals surface area contributed by atoms with Crippen molar-refractivity contribution in [3.8, 4) is 0 Å². The molecular weight excluding hydrogens is 282 g/mol. The van der Waals surface area contributed by atoms with E-state index in [-0.39, 0.29) is 5.38 Å². The minimum atomic E-state index is 0.221. The van der Waals surface area contributed by atoms with Crippen LogP contribution in [-0.4, -0.2) is 11.9 Å². The van der Waals surface area contributed by atoms with Gasteiger partial charge in [0.2, 0.25) is 0 Å². The van der Waals surface area contributed by atoms with E-state index in [1.807, 2.05) is 0 Å². The zero-order valence-electron chi connectivity index (χ0n) is 8.39. The number of thiophene rings is 1. The van der Waals surface area contributed by atoms with Crippen molar-refractivity contribution >= 4 is 38.9 Å². The maximum atomic E-state index is 6.12. The zero-order chi connectivity index (χ0) is 10.6. The molecule has 14 heavy (non-hydrogen) atoms. The Hall–Kier alpha value is 0.430. The van der Waals surface area contributed by atoms with Gasteiger partial charge in [-0.25, -0.2) is 0 Å². The topological polar surface area (TPSA) is 12.0 Å². The normalized spacial score (nSPS) is 13.5. The monoisotopic (exact) mass is 295 g/mol. The molecule has 0 aliphatic carbocycles. The Morgan fingerprint density at radius 1 is 1.57 bits per heavy atom. The lowest BCUT2D eigenvalue weighted by Crippen LogP contribution is -2.25. The lowest BCUT2D eigenvalue weighted by Gasteiger charge is -2.13. The quantitative estimate of drug-likeness (QED) is 0.814. The van der Waals surface area contributed by atoms with Crippen LogP contribution < -0.4 is 5.32 Å². The van der Waals surface area contributed by atoms with Gasteiger partial charge in [0.15, 0.2) is 0 Å². The fourth-order valence-corrected chi connectivity index (χ4v) is 2.55. The van der Waals surface area contributed by atoms with E-state index < -0.39 is 0 Å². The highest BCUT2D eigenvalue weighted by atomic mass is 79.9. The molecule has 0 saturated heterocycles. The molecular formula is C10H15BrClNS. The molecule has 0 amide bonds. The molecule has 1 N–H and O–H groups in total. The molecule has 4 heteroatoms. The second-order valence-corrected chi connectivity index (χ2v) is 6.09. The Morgan fingerprint density at radius 2 is 2.29 bits per heavy atom. The molecule has 80 valence electrons. The van der Waals surface area contributed by atoms with Gasteiger partial charge >= 0.3 is 0 Å². The van der Waals surface area contributed by atoms with Crippen molar-refractivity contribution in [1.82, 2.24) is 5.32 Å². The number of rotatable bonds is 5. The smallest absolute Gasteiger partial charge is 0.0483 e. The summed E-state index contributed by atoms with van der Waals surface area (Å²) in [7, 11) is 0. The van der Waals surface area contributed by atoms with Gasteiger partial charge in [-0.15, -0.1) is 22.9 Å². The van der Waals surface area contributed by atoms with Crippen molar-refractivity contribution in [2.24, 2.45) is 5.92 Å². The molecule has 0 aliphatic heterocycles. The van der Waals surface area contributed by atoms with E-state index in [4.69, 9.17) is 11.6 Å². The molecule has 0 spiro atoms. The molecule has 1 atom stereocenters. The van der Waals surface area contributed by atoms with E-state index in [1.54, 1.807) is 11.3 Å². The summed E-state index contributed by atoms with van der Waals surface area (Å²) in [5, 5.41) is 5.67. The number of hydrogen-bond donors (Lipinski definition) is 1. The number of hydrogen-bond acceptors (Lipinski definition) is 2. The van der Waals surface area contributed by atoms with Crippen molar-refractivity contribution in [1.29, 1.82) is 0 Å². The standard InChI is InChI=1S/C10H15BrClNS/c1-7(2)10(12)5-13-4-9-3-8(11)6-14-9/h3,6-7,10,13H,4-5H2,1-2H3. The highest BCUT2D eigenvalue weighted by molar-refractivity contribution is 9.10. The van der Waals surface area contributed by atoms with Crippen LogP contribution in [0, 0.1) is 5.92 Å². The lowest BCUT2D eigenvalue weighted by molar-refractivity contribution is 0.547. The Bertz CT molecular complexity index is 275. The summed E-state index contributed by atoms with van der Waals surface area (Å²) < 4.78 is 1.16. The van der Waals surface area contributed by atoms with E-state index in [0.29, 0.717) is 5.92 Å². The highest BCUT2D eigenvalue weighted by Gasteiger charge is 2.08. The second-order valence-electron chi connectivity index (χ2n) is 3.62. The van der Waals surface area contributed by atoms with Crippen molar-refractivity contribution in [3.63, 3.8) is 0 Å². The average molecular weight is 297 g/mol. The Balaban J connectivity index is 2.22. The van der Waals surface area contributed by atoms with Crippen LogP contribution in [0.5, 0.6) is 0 Å². The van der Waals surface area contributed by atoms with Gasteiger partial charge in [0.05, 0.1) is 0 Å². The minimum absolute atomic E-state index is 0.221. The summed E-state index contributed by atoms with van der Waals surface area (Å²) >= 11 is 11.3. The van der Waals surface area contributed by atoms with Gasteiger partial charge < -0.3 is 5.32 Å². The number of halogens is 2. The first-order chi connectivity index (χ1) is 6.59. The van der Waals surface area contributed by atoms with Crippen molar-refractivity contribution in [2.75, 3.05) is 6.54 Å². The first-order valence-corrected chi connectivity index (χ1v) is 6.78. The maximum Gasteiger partial charge on any atom is 0.0483 e. The van der Waals surface area contributed by atoms with Crippen LogP contribution >= 0.6 is 38.9 Å². The van der Waals surface area contributed by atoms with Gasteiger partial charge in [-0.2, -0.15) is 0 Å². The molecule has 1 unspecified atom stereocenters. The van der Waals surface area contributed by atoms with E-state index >= 15 is 0 Å². The summed E-state index contributed by atoms with van der Waals surface area (Å²) in [5.74, 6) is 0.527. The van der Waals surface area contributed by atoms with Crippen LogP contribution in [0.25, 0.3) is 0 Å². The second kappa shape index (κ2) is 6.11. The number of nitrogens with one attached hydrogen (secondary N) is 1. The summed E-state index contributed by atoms with van der Waals surface area (Å²) in [4.78, 5) is 1.34. The van der Waals surface area contributed by atoms with E-state index in [9.17, 15) is 0 Å². The molecule has 0 aromatic carbocycles. The molecule has 1 aromatic rings. The summed E-state index contributed by atoms with van der Waals surface area (Å²) in [6.45, 7) is 6.06. The maximum absolute atomic E-state index is 6.12. The summed E-state index contributed by atoms with van der Waals surface area (Å²) in [6.07, 6.45) is 0. The summed E-state index contributed by atoms with van der Waals surface area (Å²) in [6, 6.07) is 2.14. The predicted molar refractivity (Wildman–Crippen MR) is 68.2 cm³/mol. The number of alkyl halides is 1. The highest BCUT2D eigenvalue weighted by Crippen LogP contribution is 2.19. The van der Waals surface area contributed by atoms with Gasteiger partial charge in [0.25, 0.3) is 0 Å². The largest absolute Gasteiger partial charge is 0.310 e. The minimum Gasteiger partial charge on any atom is -0.310 e. The first kappa shape index (κ1) is 12.5. The molecule has 1 rings (SSSR count). The van der Waals surface area contributed by atoms with Crippen LogP contribution in [0.3, 0.4) is 0 Å². The fourth-order valence-electron chi connectivity index (χ4n) is 1.02. The fraction of sp³-hybridized carbons (Fsp3) is 0.600. The van der Waals surface area contributed by atoms with Gasteiger partial charge in [0.1, 0.15) is 0 Å². The van der Waals surface area contributed by atoms with Gasteiger partial charge in [-0.05, 0) is 27.9 Å². The van der Waals surface area contributed by atoms with Crippen molar-refractivity contribution < 1.29 is 0 Å². The third-order valence-electron chi connectivity index (χ3n) is 1.98. The van der Waals surface area contributed by atoms with Crippen LogP contribution in [0.4, 0.5) is 0 Å². The predicted octanol–water partition coefficient (Wildman–Crippen LogP) is 3.86. The van der Waals surface area contributed by atoms with Crippen LogP contribution in [0.2, 0.25) is 0 Å². The third kappa shape index (κ3) is 4.30. The van der Waals surface area contributed by atoms with E-state index in [0.717, 1.165) is 17.6 Å². The Morgan fingerprint density at radius 3 is 2.79 bits per heavy atom. The SMILES string of the molecule is CC(C)C(Cl)CNCc1cc(Br)cs1. The van der Waals surface area contributed by atoms with Crippen molar-refractivity contribution in [2.45, 2.75) is 25.8 Å². The van der Waals surface area contributed by atoms with Crippen LogP contribution in [-0.2, 0) is 6.54 Å². The van der Waals surface area contributed by atoms with Gasteiger partial charge in [-0.1, -0.05) is 13.8 Å². The molecule has 0 bridgehead atoms. The molecule has 1 aromatic heterocycles. The van der Waals surface area contributed by atoms with Gasteiger partial charge in [0, 0.05) is 33.2 Å². The first-order valence-electron chi connectivity index (χ1n) is 4.67. The Labute approximate surface area is 103 Å². The molecule has 1 heterocycles. The lowest BCUT2D eigenvalue weighted by atomic mass is 10.1. The van der Waals surface area contributed by atoms with Crippen LogP contribution in [0.15, 0.2) is 15.9 Å². The van der Waals surface area contributed by atoms with Crippen molar-refractivity contribution in [3.05, 3.63) is 20.8 Å². The molecule has 0 aliphatic rings. The molecule has 1 nitrogen and oxygen atoms in total. The average Bonchev–Trinajstić information content (AvgIpc) is 2.51. The van der Waals surface area contributed by atoms with Crippen LogP contribution in [0.1, 0.15) is 18.7 Å². The van der Waals surface area contributed by atoms with E-state index in [1.165, 1.54) is 4.88 Å². The van der Waals surface area contributed by atoms with Gasteiger partial charge in [-0.3, -0.25) is 0 Å². The summed E-state index contributed by atoms with van der Waals surface area (Å²) in [5.41, 5.74) is 0. The molecule has 0 radical (unpaired) electrons. The molecule has 0 saturated carbocycles. The van der Waals surface area contributed by atoms with E-state index in [2.05, 4.69) is 46.5 Å².